The van der Waals surface area contributed by atoms with E-state index in [-0.39, 0.29) is 22.4 Å². The second kappa shape index (κ2) is 9.37. The van der Waals surface area contributed by atoms with Gasteiger partial charge in [0.05, 0.1) is 30.4 Å². The smallest absolute Gasteiger partial charge is 0.267 e. The lowest BCUT2D eigenvalue weighted by atomic mass is 10.0. The normalized spacial score (nSPS) is 10.5. The molecule has 4 aromatic rings. The summed E-state index contributed by atoms with van der Waals surface area (Å²) in [5.74, 6) is -1.08. The molecule has 0 atom stereocenters. The highest BCUT2D eigenvalue weighted by atomic mass is 19.1. The molecule has 0 saturated heterocycles. The van der Waals surface area contributed by atoms with Crippen LogP contribution in [-0.4, -0.2) is 28.3 Å². The number of benzene rings is 2. The van der Waals surface area contributed by atoms with Crippen LogP contribution in [-0.2, 0) is 4.79 Å². The Hall–Kier alpha value is -4.79. The van der Waals surface area contributed by atoms with E-state index in [1.165, 1.54) is 36.1 Å². The average molecular weight is 457 g/mol. The first-order valence-electron chi connectivity index (χ1n) is 10.2. The summed E-state index contributed by atoms with van der Waals surface area (Å²) in [7, 11) is 1.53. The van der Waals surface area contributed by atoms with Crippen LogP contribution in [0.25, 0.3) is 16.9 Å². The molecule has 0 spiro atoms. The Bertz CT molecular complexity index is 1430. The van der Waals surface area contributed by atoms with Gasteiger partial charge in [-0.3, -0.25) is 24.5 Å². The van der Waals surface area contributed by atoms with Gasteiger partial charge in [0.1, 0.15) is 11.5 Å². The fraction of sp³-hybridized carbons (Fsp3) is 0.0400. The topological polar surface area (TPSA) is 123 Å². The third kappa shape index (κ3) is 4.40. The van der Waals surface area contributed by atoms with Crippen molar-refractivity contribution in [1.29, 1.82) is 5.41 Å². The molecule has 0 aliphatic heterocycles. The number of hydrogen-bond donors (Lipinski definition) is 3. The number of amides is 1. The predicted octanol–water partition coefficient (Wildman–Crippen LogP) is 3.64. The molecule has 2 heterocycles. The number of anilines is 2. The molecular formula is C25H20FN5O3. The lowest BCUT2D eigenvalue weighted by molar-refractivity contribution is -0.112. The minimum Gasteiger partial charge on any atom is -0.497 e. The number of primary amides is 1. The van der Waals surface area contributed by atoms with Crippen molar-refractivity contribution in [2.45, 2.75) is 0 Å². The molecule has 8 nitrogen and oxygen atoms in total. The summed E-state index contributed by atoms with van der Waals surface area (Å²) in [5, 5.41) is 11.0. The average Bonchev–Trinajstić information content (AvgIpc) is 2.85. The van der Waals surface area contributed by atoms with Gasteiger partial charge >= 0.3 is 0 Å². The van der Waals surface area contributed by atoms with Crippen molar-refractivity contribution in [2.75, 3.05) is 12.4 Å². The number of pyridine rings is 2. The van der Waals surface area contributed by atoms with Crippen molar-refractivity contribution < 1.29 is 13.9 Å². The first-order valence-corrected chi connectivity index (χ1v) is 10.2. The molecule has 4 N–H and O–H groups in total. The van der Waals surface area contributed by atoms with E-state index in [0.29, 0.717) is 22.8 Å². The molecule has 34 heavy (non-hydrogen) atoms. The van der Waals surface area contributed by atoms with Gasteiger partial charge < -0.3 is 15.8 Å². The van der Waals surface area contributed by atoms with Crippen LogP contribution in [0.15, 0.2) is 83.9 Å². The molecule has 0 aliphatic rings. The monoisotopic (exact) mass is 457 g/mol. The van der Waals surface area contributed by atoms with Crippen LogP contribution >= 0.6 is 0 Å². The number of ether oxygens (including phenoxy) is 1. The number of methoxy groups -OCH3 is 1. The quantitative estimate of drug-likeness (QED) is 0.366. The van der Waals surface area contributed by atoms with Gasteiger partial charge in [-0.2, -0.15) is 0 Å². The molecular weight excluding hydrogens is 437 g/mol. The molecule has 0 saturated carbocycles. The lowest BCUT2D eigenvalue weighted by Gasteiger charge is -2.16. The van der Waals surface area contributed by atoms with E-state index in [1.807, 2.05) is 0 Å². The number of hydrogen-bond acceptors (Lipinski definition) is 6. The molecule has 170 valence electrons. The lowest BCUT2D eigenvalue weighted by Crippen LogP contribution is -2.24. The number of nitrogens with one attached hydrogen (secondary N) is 2. The fourth-order valence-electron chi connectivity index (χ4n) is 3.38. The zero-order chi connectivity index (χ0) is 24.2. The second-order valence-electron chi connectivity index (χ2n) is 7.25. The van der Waals surface area contributed by atoms with E-state index in [1.54, 1.807) is 54.7 Å². The summed E-state index contributed by atoms with van der Waals surface area (Å²) in [5.41, 5.74) is 5.94. The highest BCUT2D eigenvalue weighted by Crippen LogP contribution is 2.33. The minimum absolute atomic E-state index is 0.0111. The van der Waals surface area contributed by atoms with Crippen molar-refractivity contribution in [2.24, 2.45) is 5.73 Å². The van der Waals surface area contributed by atoms with E-state index in [9.17, 15) is 9.59 Å². The van der Waals surface area contributed by atoms with Crippen molar-refractivity contribution in [3.63, 3.8) is 0 Å². The number of carbonyl (C=O) groups is 1. The first-order chi connectivity index (χ1) is 16.4. The molecule has 0 radical (unpaired) electrons. The summed E-state index contributed by atoms with van der Waals surface area (Å²) in [4.78, 5) is 28.0. The Kier molecular flexibility index (Phi) is 6.18. The van der Waals surface area contributed by atoms with E-state index >= 15 is 4.39 Å². The summed E-state index contributed by atoms with van der Waals surface area (Å²) < 4.78 is 22.3. The molecule has 0 fully saturated rings. The highest BCUT2D eigenvalue weighted by molar-refractivity contribution is 6.44. The zero-order valence-electron chi connectivity index (χ0n) is 18.1. The van der Waals surface area contributed by atoms with Gasteiger partial charge in [-0.1, -0.05) is 6.07 Å². The molecule has 9 heteroatoms. The van der Waals surface area contributed by atoms with Crippen LogP contribution in [0.1, 0.15) is 5.56 Å². The van der Waals surface area contributed by atoms with Gasteiger partial charge in [-0.15, -0.1) is 0 Å². The number of halogens is 1. The molecule has 0 aliphatic carbocycles. The third-order valence-electron chi connectivity index (χ3n) is 5.14. The maximum atomic E-state index is 15.7. The van der Waals surface area contributed by atoms with Crippen molar-refractivity contribution in [3.8, 4) is 22.7 Å². The van der Waals surface area contributed by atoms with E-state index < -0.39 is 17.4 Å². The Morgan fingerprint density at radius 2 is 1.85 bits per heavy atom. The van der Waals surface area contributed by atoms with Gasteiger partial charge in [0, 0.05) is 29.1 Å². The van der Waals surface area contributed by atoms with Gasteiger partial charge in [0.15, 0.2) is 5.82 Å². The number of nitrogens with zero attached hydrogens (tertiary/aromatic N) is 2. The van der Waals surface area contributed by atoms with Crippen molar-refractivity contribution in [3.05, 3.63) is 101 Å². The van der Waals surface area contributed by atoms with Gasteiger partial charge in [0.25, 0.3) is 11.5 Å². The largest absolute Gasteiger partial charge is 0.497 e. The van der Waals surface area contributed by atoms with Gasteiger partial charge in [-0.25, -0.2) is 4.39 Å². The summed E-state index contributed by atoms with van der Waals surface area (Å²) >= 11 is 0. The number of carbonyl (C=O) groups excluding carboxylic acids is 1. The van der Waals surface area contributed by atoms with Crippen LogP contribution < -0.4 is 21.3 Å². The molecule has 0 bridgehead atoms. The van der Waals surface area contributed by atoms with E-state index in [2.05, 4.69) is 10.3 Å². The summed E-state index contributed by atoms with van der Waals surface area (Å²) in [6, 6.07) is 17.6. The van der Waals surface area contributed by atoms with Crippen molar-refractivity contribution in [1.82, 2.24) is 9.55 Å². The SMILES string of the molecule is COc1ccc(Nc2c(C(=N)C(N)=O)ccc(-c3ccc(-n4ccccc4=O)cn3)c2F)cc1. The van der Waals surface area contributed by atoms with Crippen LogP contribution in [0.4, 0.5) is 15.8 Å². The summed E-state index contributed by atoms with van der Waals surface area (Å²) in [6.07, 6.45) is 3.08. The molecule has 0 unspecified atom stereocenters. The fourth-order valence-corrected chi connectivity index (χ4v) is 3.38. The molecule has 4 rings (SSSR count). The number of rotatable bonds is 7. The Balaban J connectivity index is 1.77. The van der Waals surface area contributed by atoms with Crippen LogP contribution in [0.3, 0.4) is 0 Å². The second-order valence-corrected chi connectivity index (χ2v) is 7.25. The Labute approximate surface area is 194 Å². The molecule has 2 aromatic heterocycles. The predicted molar refractivity (Wildman–Crippen MR) is 128 cm³/mol. The molecule has 2 aromatic carbocycles. The van der Waals surface area contributed by atoms with Crippen LogP contribution in [0, 0.1) is 11.2 Å². The first kappa shape index (κ1) is 22.4. The number of nitrogens with two attached hydrogens (primary N) is 1. The van der Waals surface area contributed by atoms with E-state index in [4.69, 9.17) is 15.9 Å². The Morgan fingerprint density at radius 1 is 1.09 bits per heavy atom. The maximum absolute atomic E-state index is 15.7. The minimum atomic E-state index is -0.985. The highest BCUT2D eigenvalue weighted by Gasteiger charge is 2.21. The zero-order valence-corrected chi connectivity index (χ0v) is 18.1. The van der Waals surface area contributed by atoms with Crippen LogP contribution in [0.2, 0.25) is 0 Å². The van der Waals surface area contributed by atoms with Gasteiger partial charge in [-0.05, 0) is 54.6 Å². The molecule has 1 amide bonds. The number of aromatic nitrogens is 2. The van der Waals surface area contributed by atoms with E-state index in [0.717, 1.165) is 0 Å². The van der Waals surface area contributed by atoms with Crippen molar-refractivity contribution >= 4 is 23.0 Å². The third-order valence-corrected chi connectivity index (χ3v) is 5.14. The van der Waals surface area contributed by atoms with Gasteiger partial charge in [0.2, 0.25) is 0 Å². The summed E-state index contributed by atoms with van der Waals surface area (Å²) in [6.45, 7) is 0. The Morgan fingerprint density at radius 3 is 2.47 bits per heavy atom. The van der Waals surface area contributed by atoms with Crippen LogP contribution in [0.5, 0.6) is 5.75 Å². The standard InChI is InChI=1S/C25H20FN5O3/c1-34-17-8-5-15(6-9-17)30-24-19(23(27)25(28)33)11-10-18(22(24)26)20-12-7-16(14-29-20)31-13-3-2-4-21(31)32/h2-14,27,30H,1H3,(H2,28,33). The maximum Gasteiger partial charge on any atom is 0.267 e.